The van der Waals surface area contributed by atoms with Crippen LogP contribution in [0.25, 0.3) is 0 Å². The fourth-order valence-corrected chi connectivity index (χ4v) is 1.88. The van der Waals surface area contributed by atoms with Crippen molar-refractivity contribution in [2.75, 3.05) is 0 Å². The summed E-state index contributed by atoms with van der Waals surface area (Å²) in [5.41, 5.74) is 4.77. The predicted molar refractivity (Wildman–Crippen MR) is 63.4 cm³/mol. The van der Waals surface area contributed by atoms with Crippen molar-refractivity contribution in [3.63, 3.8) is 0 Å². The molecule has 0 amide bonds. The summed E-state index contributed by atoms with van der Waals surface area (Å²) in [5.74, 6) is -4.66. The largest absolute Gasteiger partial charge is 0.318 e. The number of halogens is 4. The Morgan fingerprint density at radius 2 is 1.42 bits per heavy atom. The van der Waals surface area contributed by atoms with E-state index in [1.54, 1.807) is 0 Å². The lowest BCUT2D eigenvalue weighted by molar-refractivity contribution is 0.425. The SMILES string of the molecule is CC(N)(c1ccc(F)cc1)c1ccc(F)c(F)c1F. The van der Waals surface area contributed by atoms with E-state index in [1.807, 2.05) is 0 Å². The summed E-state index contributed by atoms with van der Waals surface area (Å²) < 4.78 is 52.7. The summed E-state index contributed by atoms with van der Waals surface area (Å²) in [5, 5.41) is 0. The van der Waals surface area contributed by atoms with Crippen LogP contribution in [0.2, 0.25) is 0 Å². The smallest absolute Gasteiger partial charge is 0.194 e. The van der Waals surface area contributed by atoms with Gasteiger partial charge in [-0.05, 0) is 30.7 Å². The third-order valence-corrected chi connectivity index (χ3v) is 3.04. The highest BCUT2D eigenvalue weighted by Crippen LogP contribution is 2.30. The molecule has 5 heteroatoms. The Kier molecular flexibility index (Phi) is 3.32. The van der Waals surface area contributed by atoms with Crippen molar-refractivity contribution in [2.45, 2.75) is 12.5 Å². The molecular formula is C14H11F4N. The van der Waals surface area contributed by atoms with Crippen LogP contribution >= 0.6 is 0 Å². The van der Waals surface area contributed by atoms with Crippen molar-refractivity contribution in [2.24, 2.45) is 5.73 Å². The highest BCUT2D eigenvalue weighted by Gasteiger charge is 2.29. The molecule has 1 unspecified atom stereocenters. The molecule has 0 radical (unpaired) electrons. The predicted octanol–water partition coefficient (Wildman–Crippen LogP) is 3.47. The summed E-state index contributed by atoms with van der Waals surface area (Å²) >= 11 is 0. The van der Waals surface area contributed by atoms with Crippen molar-refractivity contribution < 1.29 is 17.6 Å². The molecule has 0 spiro atoms. The van der Waals surface area contributed by atoms with Gasteiger partial charge in [0.1, 0.15) is 5.82 Å². The van der Waals surface area contributed by atoms with Gasteiger partial charge >= 0.3 is 0 Å². The Hall–Kier alpha value is -1.88. The molecule has 2 aromatic carbocycles. The number of benzene rings is 2. The zero-order valence-electron chi connectivity index (χ0n) is 10.1. The fourth-order valence-electron chi connectivity index (χ4n) is 1.88. The molecule has 2 aromatic rings. The Morgan fingerprint density at radius 1 is 0.842 bits per heavy atom. The van der Waals surface area contributed by atoms with Crippen molar-refractivity contribution in [3.05, 3.63) is 70.8 Å². The average molecular weight is 269 g/mol. The minimum Gasteiger partial charge on any atom is -0.318 e. The van der Waals surface area contributed by atoms with E-state index in [2.05, 4.69) is 0 Å². The first-order valence-corrected chi connectivity index (χ1v) is 5.53. The third-order valence-electron chi connectivity index (χ3n) is 3.04. The molecule has 0 aliphatic rings. The van der Waals surface area contributed by atoms with Crippen molar-refractivity contribution in [3.8, 4) is 0 Å². The van der Waals surface area contributed by atoms with Gasteiger partial charge in [0, 0.05) is 5.56 Å². The summed E-state index contributed by atoms with van der Waals surface area (Å²) in [7, 11) is 0. The van der Waals surface area contributed by atoms with Gasteiger partial charge in [-0.3, -0.25) is 0 Å². The van der Waals surface area contributed by atoms with Crippen LogP contribution in [0.3, 0.4) is 0 Å². The topological polar surface area (TPSA) is 26.0 Å². The van der Waals surface area contributed by atoms with E-state index >= 15 is 0 Å². The highest BCUT2D eigenvalue weighted by molar-refractivity contribution is 5.38. The maximum absolute atomic E-state index is 13.8. The van der Waals surface area contributed by atoms with E-state index < -0.39 is 28.8 Å². The molecule has 2 N–H and O–H groups in total. The van der Waals surface area contributed by atoms with Crippen LogP contribution in [0.15, 0.2) is 36.4 Å². The first-order valence-electron chi connectivity index (χ1n) is 5.53. The van der Waals surface area contributed by atoms with Gasteiger partial charge in [-0.2, -0.15) is 0 Å². The van der Waals surface area contributed by atoms with Crippen LogP contribution in [0, 0.1) is 23.3 Å². The number of nitrogens with two attached hydrogens (primary N) is 1. The maximum Gasteiger partial charge on any atom is 0.194 e. The van der Waals surface area contributed by atoms with Gasteiger partial charge in [-0.1, -0.05) is 18.2 Å². The van der Waals surface area contributed by atoms with Gasteiger partial charge in [0.05, 0.1) is 5.54 Å². The number of hydrogen-bond acceptors (Lipinski definition) is 1. The van der Waals surface area contributed by atoms with E-state index in [1.165, 1.54) is 19.1 Å². The second kappa shape index (κ2) is 4.66. The zero-order valence-corrected chi connectivity index (χ0v) is 10.1. The summed E-state index contributed by atoms with van der Waals surface area (Å²) in [6.45, 7) is 1.44. The minimum atomic E-state index is -1.57. The van der Waals surface area contributed by atoms with E-state index in [9.17, 15) is 17.6 Å². The molecule has 0 fully saturated rings. The second-order valence-corrected chi connectivity index (χ2v) is 4.43. The van der Waals surface area contributed by atoms with Crippen molar-refractivity contribution >= 4 is 0 Å². The Morgan fingerprint density at radius 3 is 2.00 bits per heavy atom. The Labute approximate surface area is 107 Å². The van der Waals surface area contributed by atoms with Crippen LogP contribution in [0.4, 0.5) is 17.6 Å². The molecule has 1 atom stereocenters. The molecular weight excluding hydrogens is 258 g/mol. The van der Waals surface area contributed by atoms with Gasteiger partial charge in [-0.15, -0.1) is 0 Å². The van der Waals surface area contributed by atoms with Gasteiger partial charge in [0.2, 0.25) is 0 Å². The molecule has 1 nitrogen and oxygen atoms in total. The third kappa shape index (κ3) is 2.33. The van der Waals surface area contributed by atoms with Gasteiger partial charge in [0.25, 0.3) is 0 Å². The monoisotopic (exact) mass is 269 g/mol. The van der Waals surface area contributed by atoms with Crippen molar-refractivity contribution in [1.29, 1.82) is 0 Å². The molecule has 0 bridgehead atoms. The van der Waals surface area contributed by atoms with Crippen LogP contribution < -0.4 is 5.73 Å². The maximum atomic E-state index is 13.8. The van der Waals surface area contributed by atoms with E-state index in [0.29, 0.717) is 5.56 Å². The van der Waals surface area contributed by atoms with Crippen LogP contribution in [-0.2, 0) is 5.54 Å². The first kappa shape index (κ1) is 13.5. The summed E-state index contributed by atoms with van der Waals surface area (Å²) in [6.07, 6.45) is 0. The number of rotatable bonds is 2. The minimum absolute atomic E-state index is 0.196. The van der Waals surface area contributed by atoms with E-state index in [0.717, 1.165) is 24.3 Å². The van der Waals surface area contributed by atoms with E-state index in [-0.39, 0.29) is 5.56 Å². The average Bonchev–Trinajstić information content (AvgIpc) is 2.36. The van der Waals surface area contributed by atoms with Gasteiger partial charge in [0.15, 0.2) is 17.5 Å². The molecule has 0 aliphatic heterocycles. The highest BCUT2D eigenvalue weighted by atomic mass is 19.2. The summed E-state index contributed by atoms with van der Waals surface area (Å²) in [4.78, 5) is 0. The molecule has 2 rings (SSSR count). The summed E-state index contributed by atoms with van der Waals surface area (Å²) in [6, 6.07) is 6.96. The molecule has 0 aliphatic carbocycles. The molecule has 0 aromatic heterocycles. The first-order chi connectivity index (χ1) is 8.84. The zero-order chi connectivity index (χ0) is 14.2. The lowest BCUT2D eigenvalue weighted by atomic mass is 9.85. The molecule has 0 saturated heterocycles. The standard InChI is InChI=1S/C14H11F4N/c1-14(19,8-2-4-9(15)5-3-8)10-6-7-11(16)13(18)12(10)17/h2-7H,19H2,1H3. The molecule has 0 heterocycles. The quantitative estimate of drug-likeness (QED) is 0.655. The molecule has 19 heavy (non-hydrogen) atoms. The van der Waals surface area contributed by atoms with Crippen LogP contribution in [0.5, 0.6) is 0 Å². The normalized spacial score (nSPS) is 14.2. The lowest BCUT2D eigenvalue weighted by Crippen LogP contribution is -2.35. The lowest BCUT2D eigenvalue weighted by Gasteiger charge is -2.26. The molecule has 100 valence electrons. The van der Waals surface area contributed by atoms with Crippen LogP contribution in [-0.4, -0.2) is 0 Å². The van der Waals surface area contributed by atoms with E-state index in [4.69, 9.17) is 5.73 Å². The fraction of sp³-hybridized carbons (Fsp3) is 0.143. The Bertz CT molecular complexity index is 606. The van der Waals surface area contributed by atoms with Gasteiger partial charge < -0.3 is 5.73 Å². The molecule has 0 saturated carbocycles. The second-order valence-electron chi connectivity index (χ2n) is 4.43. The number of hydrogen-bond donors (Lipinski definition) is 1. The van der Waals surface area contributed by atoms with Crippen molar-refractivity contribution in [1.82, 2.24) is 0 Å². The van der Waals surface area contributed by atoms with Gasteiger partial charge in [-0.25, -0.2) is 17.6 Å². The van der Waals surface area contributed by atoms with Crippen LogP contribution in [0.1, 0.15) is 18.1 Å². The Balaban J connectivity index is 2.56.